The van der Waals surface area contributed by atoms with Crippen molar-refractivity contribution in [1.82, 2.24) is 0 Å². The molecule has 0 aliphatic heterocycles. The van der Waals surface area contributed by atoms with E-state index in [1.54, 1.807) is 5.57 Å². The third kappa shape index (κ3) is 3.86. The van der Waals surface area contributed by atoms with E-state index in [0.29, 0.717) is 0 Å². The predicted octanol–water partition coefficient (Wildman–Crippen LogP) is 9.98. The molecule has 0 bridgehead atoms. The van der Waals surface area contributed by atoms with Gasteiger partial charge in [-0.05, 0) is 83.1 Å². The topological polar surface area (TPSA) is 3.24 Å². The minimum absolute atomic E-state index is 0.0472. The average molecular weight is 518 g/mol. The summed E-state index contributed by atoms with van der Waals surface area (Å²) in [5, 5.41) is 0. The molecular weight excluding hydrogens is 490 g/mol. The Kier molecular flexibility index (Phi) is 5.50. The lowest BCUT2D eigenvalue weighted by Crippen LogP contribution is -2.18. The van der Waals surface area contributed by atoms with E-state index in [2.05, 4.69) is 144 Å². The lowest BCUT2D eigenvalue weighted by atomic mass is 9.78. The highest BCUT2D eigenvalue weighted by Gasteiger charge is 2.37. The maximum Gasteiger partial charge on any atom is 0.0472 e. The Morgan fingerprint density at radius 1 is 0.714 bits per heavy atom. The summed E-state index contributed by atoms with van der Waals surface area (Å²) in [6.07, 6.45) is 6.95. The first-order chi connectivity index (χ1) is 17.0. The maximum absolute atomic E-state index is 3.69. The fourth-order valence-electron chi connectivity index (χ4n) is 5.65. The summed E-state index contributed by atoms with van der Waals surface area (Å²) in [6, 6.07) is 35.0. The van der Waals surface area contributed by atoms with E-state index in [4.69, 9.17) is 0 Å². The molecule has 0 saturated heterocycles. The number of halogens is 1. The van der Waals surface area contributed by atoms with Gasteiger partial charge in [0.2, 0.25) is 0 Å². The van der Waals surface area contributed by atoms with Gasteiger partial charge in [-0.3, -0.25) is 0 Å². The third-order valence-electron chi connectivity index (χ3n) is 7.45. The number of hydrogen-bond donors (Lipinski definition) is 0. The van der Waals surface area contributed by atoms with E-state index in [1.807, 2.05) is 0 Å². The number of rotatable bonds is 4. The van der Waals surface area contributed by atoms with Crippen LogP contribution < -0.4 is 4.90 Å². The predicted molar refractivity (Wildman–Crippen MR) is 153 cm³/mol. The number of fused-ring (bicyclic) bond motifs is 2. The molecule has 4 aromatic rings. The second kappa shape index (κ2) is 8.70. The molecule has 0 amide bonds. The molecule has 0 unspecified atom stereocenters. The van der Waals surface area contributed by atoms with Crippen molar-refractivity contribution in [3.05, 3.63) is 130 Å². The second-order valence-electron chi connectivity index (χ2n) is 9.92. The van der Waals surface area contributed by atoms with Gasteiger partial charge in [-0.1, -0.05) is 102 Å². The van der Waals surface area contributed by atoms with Crippen LogP contribution in [0.25, 0.3) is 16.7 Å². The van der Waals surface area contributed by atoms with Crippen LogP contribution in [0.5, 0.6) is 0 Å². The van der Waals surface area contributed by atoms with Gasteiger partial charge in [-0.2, -0.15) is 0 Å². The molecule has 6 rings (SSSR count). The van der Waals surface area contributed by atoms with Gasteiger partial charge in [0.1, 0.15) is 0 Å². The molecule has 0 radical (unpaired) electrons. The Bertz CT molecular complexity index is 1460. The number of allylic oxidation sites excluding steroid dienone is 4. The van der Waals surface area contributed by atoms with Crippen molar-refractivity contribution in [3.8, 4) is 11.1 Å². The van der Waals surface area contributed by atoms with Crippen LogP contribution in [0.4, 0.5) is 17.1 Å². The first-order valence-corrected chi connectivity index (χ1v) is 13.1. The lowest BCUT2D eigenvalue weighted by Gasteiger charge is -2.29. The summed E-state index contributed by atoms with van der Waals surface area (Å²) < 4.78 is 1.07. The molecule has 2 aliphatic rings. The minimum Gasteiger partial charge on any atom is -0.310 e. The van der Waals surface area contributed by atoms with E-state index < -0.39 is 0 Å². The number of anilines is 3. The molecule has 0 fully saturated rings. The number of benzene rings is 4. The zero-order valence-corrected chi connectivity index (χ0v) is 21.7. The van der Waals surface area contributed by atoms with Gasteiger partial charge in [-0.15, -0.1) is 0 Å². The number of nitrogens with zero attached hydrogens (tertiary/aromatic N) is 1. The van der Waals surface area contributed by atoms with E-state index in [1.165, 1.54) is 33.5 Å². The highest BCUT2D eigenvalue weighted by Crippen LogP contribution is 2.51. The van der Waals surface area contributed by atoms with Crippen molar-refractivity contribution in [3.63, 3.8) is 0 Å². The zero-order valence-electron chi connectivity index (χ0n) is 20.1. The summed E-state index contributed by atoms with van der Waals surface area (Å²) in [5.74, 6) is 0. The average Bonchev–Trinajstić information content (AvgIpc) is 3.12. The molecular formula is C33H28BrN. The van der Waals surface area contributed by atoms with E-state index in [0.717, 1.165) is 28.7 Å². The Hall–Kier alpha value is -3.36. The molecule has 0 heterocycles. The molecule has 0 spiro atoms. The van der Waals surface area contributed by atoms with Crippen molar-refractivity contribution in [2.75, 3.05) is 4.90 Å². The van der Waals surface area contributed by atoms with E-state index >= 15 is 0 Å². The smallest absolute Gasteiger partial charge is 0.0472 e. The Morgan fingerprint density at radius 3 is 2.20 bits per heavy atom. The van der Waals surface area contributed by atoms with Gasteiger partial charge < -0.3 is 4.90 Å². The zero-order chi connectivity index (χ0) is 24.0. The second-order valence-corrected chi connectivity index (χ2v) is 10.8. The van der Waals surface area contributed by atoms with Crippen molar-refractivity contribution < 1.29 is 0 Å². The van der Waals surface area contributed by atoms with Crippen molar-refractivity contribution in [2.45, 2.75) is 32.1 Å². The van der Waals surface area contributed by atoms with Gasteiger partial charge in [0.15, 0.2) is 0 Å². The molecule has 2 aliphatic carbocycles. The summed E-state index contributed by atoms with van der Waals surface area (Å²) >= 11 is 3.69. The van der Waals surface area contributed by atoms with Crippen LogP contribution in [0.15, 0.2) is 119 Å². The molecule has 172 valence electrons. The van der Waals surface area contributed by atoms with Gasteiger partial charge >= 0.3 is 0 Å². The minimum atomic E-state index is 0.0472. The maximum atomic E-state index is 3.69. The largest absolute Gasteiger partial charge is 0.310 e. The van der Waals surface area contributed by atoms with Crippen LogP contribution in [-0.2, 0) is 5.41 Å². The molecule has 2 heteroatoms. The first kappa shape index (κ1) is 22.1. The van der Waals surface area contributed by atoms with Crippen LogP contribution in [0.2, 0.25) is 0 Å². The molecule has 0 saturated carbocycles. The van der Waals surface area contributed by atoms with Gasteiger partial charge in [0.05, 0.1) is 0 Å². The molecule has 0 aromatic heterocycles. The van der Waals surface area contributed by atoms with Crippen LogP contribution >= 0.6 is 15.9 Å². The first-order valence-electron chi connectivity index (χ1n) is 12.3. The van der Waals surface area contributed by atoms with Crippen molar-refractivity contribution in [2.24, 2.45) is 0 Å². The van der Waals surface area contributed by atoms with Crippen molar-refractivity contribution in [1.29, 1.82) is 0 Å². The summed E-state index contributed by atoms with van der Waals surface area (Å²) in [5.41, 5.74) is 11.8. The Balaban J connectivity index is 1.46. The van der Waals surface area contributed by atoms with Crippen LogP contribution in [0.1, 0.15) is 37.8 Å². The summed E-state index contributed by atoms with van der Waals surface area (Å²) in [4.78, 5) is 2.36. The Labute approximate surface area is 216 Å². The van der Waals surface area contributed by atoms with Crippen LogP contribution in [-0.4, -0.2) is 0 Å². The number of hydrogen-bond acceptors (Lipinski definition) is 1. The molecule has 0 N–H and O–H groups in total. The lowest BCUT2D eigenvalue weighted by molar-refractivity contribution is 0.607. The van der Waals surface area contributed by atoms with Gasteiger partial charge in [0, 0.05) is 26.9 Å². The summed E-state index contributed by atoms with van der Waals surface area (Å²) in [7, 11) is 0. The fourth-order valence-corrected chi connectivity index (χ4v) is 6.03. The SMILES string of the molecule is CC1(C)C2=C(C=CCC2)c2ccc(N(c3ccc(-c4ccccc4)cc3)c3cccc(Br)c3)cc21. The highest BCUT2D eigenvalue weighted by molar-refractivity contribution is 9.10. The molecule has 4 aromatic carbocycles. The monoisotopic (exact) mass is 517 g/mol. The van der Waals surface area contributed by atoms with Crippen LogP contribution in [0, 0.1) is 0 Å². The molecule has 0 atom stereocenters. The highest BCUT2D eigenvalue weighted by atomic mass is 79.9. The third-order valence-corrected chi connectivity index (χ3v) is 7.94. The quantitative estimate of drug-likeness (QED) is 0.260. The van der Waals surface area contributed by atoms with Crippen molar-refractivity contribution >= 4 is 38.6 Å². The Morgan fingerprint density at radius 2 is 1.43 bits per heavy atom. The van der Waals surface area contributed by atoms with Gasteiger partial charge in [-0.25, -0.2) is 0 Å². The normalized spacial score (nSPS) is 15.6. The van der Waals surface area contributed by atoms with E-state index in [-0.39, 0.29) is 5.41 Å². The molecule has 35 heavy (non-hydrogen) atoms. The van der Waals surface area contributed by atoms with E-state index in [9.17, 15) is 0 Å². The van der Waals surface area contributed by atoms with Gasteiger partial charge in [0.25, 0.3) is 0 Å². The fraction of sp³-hybridized carbons (Fsp3) is 0.152. The van der Waals surface area contributed by atoms with Crippen LogP contribution in [0.3, 0.4) is 0 Å². The standard InChI is InChI=1S/C33H28BrN/c1-33(2)31-14-7-6-13-29(31)30-20-19-28(22-32(30)33)35(27-12-8-11-25(34)21-27)26-17-15-24(16-18-26)23-9-4-3-5-10-23/h3-6,8-13,15-22H,7,14H2,1-2H3. The molecule has 1 nitrogen and oxygen atoms in total. The summed E-state index contributed by atoms with van der Waals surface area (Å²) in [6.45, 7) is 4.77.